The number of carbonyl (C=O) groups excluding carboxylic acids is 1. The third-order valence-corrected chi connectivity index (χ3v) is 3.08. The van der Waals surface area contributed by atoms with Gasteiger partial charge in [-0.05, 0) is 12.0 Å². The van der Waals surface area contributed by atoms with Gasteiger partial charge in [0.25, 0.3) is 0 Å². The Balaban J connectivity index is 2.37. The van der Waals surface area contributed by atoms with E-state index in [0.717, 1.165) is 12.0 Å². The minimum Gasteiger partial charge on any atom is -0.469 e. The molecule has 0 unspecified atom stereocenters. The summed E-state index contributed by atoms with van der Waals surface area (Å²) in [4.78, 5) is 11.6. The van der Waals surface area contributed by atoms with Crippen LogP contribution in [0.1, 0.15) is 18.4 Å². The Bertz CT molecular complexity index is 431. The fourth-order valence-corrected chi connectivity index (χ4v) is 2.16. The number of hydrogen-bond acceptors (Lipinski definition) is 2. The predicted molar refractivity (Wildman–Crippen MR) is 67.7 cm³/mol. The van der Waals surface area contributed by atoms with Gasteiger partial charge in [-0.25, -0.2) is 0 Å². The predicted octanol–water partition coefficient (Wildman–Crippen LogP) is 3.00. The fraction of sp³-hybridized carbons (Fsp3) is 0.267. The van der Waals surface area contributed by atoms with Crippen molar-refractivity contribution in [3.05, 3.63) is 60.2 Å². The van der Waals surface area contributed by atoms with Crippen LogP contribution in [0, 0.1) is 0 Å². The van der Waals surface area contributed by atoms with Gasteiger partial charge < -0.3 is 4.74 Å². The summed E-state index contributed by atoms with van der Waals surface area (Å²) in [6.07, 6.45) is 9.65. The fourth-order valence-electron chi connectivity index (χ4n) is 2.16. The van der Waals surface area contributed by atoms with E-state index in [9.17, 15) is 4.79 Å². The number of rotatable bonds is 3. The maximum atomic E-state index is 11.6. The van der Waals surface area contributed by atoms with Crippen molar-refractivity contribution < 1.29 is 9.53 Å². The number of allylic oxidation sites excluding steroid dienone is 4. The van der Waals surface area contributed by atoms with E-state index in [-0.39, 0.29) is 11.4 Å². The lowest BCUT2D eigenvalue weighted by Gasteiger charge is -2.28. The van der Waals surface area contributed by atoms with Crippen molar-refractivity contribution in [1.82, 2.24) is 0 Å². The Morgan fingerprint density at radius 2 is 1.88 bits per heavy atom. The molecule has 0 aliphatic heterocycles. The number of ether oxygens (including phenoxy) is 1. The van der Waals surface area contributed by atoms with Crippen molar-refractivity contribution in [3.63, 3.8) is 0 Å². The van der Waals surface area contributed by atoms with Gasteiger partial charge in [-0.15, -0.1) is 0 Å². The molecule has 1 aromatic carbocycles. The summed E-state index contributed by atoms with van der Waals surface area (Å²) >= 11 is 0. The minimum atomic E-state index is -0.341. The Hall–Kier alpha value is -1.83. The molecule has 0 heterocycles. The van der Waals surface area contributed by atoms with Gasteiger partial charge in [0.15, 0.2) is 0 Å². The van der Waals surface area contributed by atoms with Crippen LogP contribution in [0.4, 0.5) is 0 Å². The first-order chi connectivity index (χ1) is 8.27. The quantitative estimate of drug-likeness (QED) is 0.587. The summed E-state index contributed by atoms with van der Waals surface area (Å²) in [5, 5.41) is 0. The third kappa shape index (κ3) is 2.47. The van der Waals surface area contributed by atoms with Crippen molar-refractivity contribution in [3.8, 4) is 0 Å². The standard InChI is InChI=1S/C15H16O2/c1-17-14(16)12-15(10-6-3-7-11-15)13-8-4-2-5-9-13/h2,4-11H,3,12H2,1H3. The average molecular weight is 228 g/mol. The van der Waals surface area contributed by atoms with Gasteiger partial charge in [-0.1, -0.05) is 54.6 Å². The van der Waals surface area contributed by atoms with Gasteiger partial charge in [-0.2, -0.15) is 0 Å². The molecule has 0 saturated carbocycles. The van der Waals surface area contributed by atoms with E-state index in [0.29, 0.717) is 6.42 Å². The molecule has 0 N–H and O–H groups in total. The van der Waals surface area contributed by atoms with Crippen molar-refractivity contribution in [2.75, 3.05) is 7.11 Å². The highest BCUT2D eigenvalue weighted by atomic mass is 16.5. The second kappa shape index (κ2) is 5.00. The zero-order valence-corrected chi connectivity index (χ0v) is 9.93. The Kier molecular flexibility index (Phi) is 3.43. The van der Waals surface area contributed by atoms with Crippen molar-refractivity contribution in [2.45, 2.75) is 18.3 Å². The smallest absolute Gasteiger partial charge is 0.307 e. The highest BCUT2D eigenvalue weighted by molar-refractivity contribution is 5.73. The van der Waals surface area contributed by atoms with Crippen molar-refractivity contribution >= 4 is 5.97 Å². The highest BCUT2D eigenvalue weighted by Gasteiger charge is 2.30. The first-order valence-corrected chi connectivity index (χ1v) is 5.74. The normalized spacial score (nSPS) is 16.8. The number of benzene rings is 1. The Morgan fingerprint density at radius 3 is 2.47 bits per heavy atom. The van der Waals surface area contributed by atoms with Crippen LogP contribution in [0.25, 0.3) is 0 Å². The molecule has 0 bridgehead atoms. The second-order valence-electron chi connectivity index (χ2n) is 4.20. The van der Waals surface area contributed by atoms with E-state index in [1.54, 1.807) is 0 Å². The van der Waals surface area contributed by atoms with Crippen LogP contribution in [0.3, 0.4) is 0 Å². The SMILES string of the molecule is COC(=O)CC1(c2ccccc2)C=CCC=C1. The molecule has 2 heteroatoms. The molecule has 0 aromatic heterocycles. The Morgan fingerprint density at radius 1 is 1.24 bits per heavy atom. The van der Waals surface area contributed by atoms with Gasteiger partial charge in [0.05, 0.1) is 13.5 Å². The summed E-state index contributed by atoms with van der Waals surface area (Å²) in [5.41, 5.74) is 0.782. The largest absolute Gasteiger partial charge is 0.469 e. The lowest BCUT2D eigenvalue weighted by Crippen LogP contribution is -2.26. The molecular weight excluding hydrogens is 212 g/mol. The van der Waals surface area contributed by atoms with Crippen LogP contribution in [-0.2, 0) is 14.9 Å². The third-order valence-electron chi connectivity index (χ3n) is 3.08. The molecule has 2 rings (SSSR count). The maximum absolute atomic E-state index is 11.6. The van der Waals surface area contributed by atoms with E-state index in [1.165, 1.54) is 7.11 Å². The molecule has 0 fully saturated rings. The molecule has 0 atom stereocenters. The van der Waals surface area contributed by atoms with Gasteiger partial charge in [0, 0.05) is 5.41 Å². The molecule has 0 saturated heterocycles. The van der Waals surface area contributed by atoms with Crippen LogP contribution in [0.15, 0.2) is 54.6 Å². The molecule has 1 aliphatic rings. The number of carbonyl (C=O) groups is 1. The van der Waals surface area contributed by atoms with Gasteiger partial charge in [0.1, 0.15) is 0 Å². The lowest BCUT2D eigenvalue weighted by atomic mass is 9.75. The van der Waals surface area contributed by atoms with Crippen molar-refractivity contribution in [1.29, 1.82) is 0 Å². The summed E-state index contributed by atoms with van der Waals surface area (Å²) in [6, 6.07) is 10.0. The van der Waals surface area contributed by atoms with E-state index in [4.69, 9.17) is 4.74 Å². The van der Waals surface area contributed by atoms with E-state index in [2.05, 4.69) is 24.3 Å². The molecule has 1 aliphatic carbocycles. The second-order valence-corrected chi connectivity index (χ2v) is 4.20. The number of methoxy groups -OCH3 is 1. The lowest BCUT2D eigenvalue weighted by molar-refractivity contribution is -0.141. The van der Waals surface area contributed by atoms with Crippen molar-refractivity contribution in [2.24, 2.45) is 0 Å². The van der Waals surface area contributed by atoms with Crippen LogP contribution in [-0.4, -0.2) is 13.1 Å². The zero-order chi connectivity index (χ0) is 12.1. The number of hydrogen-bond donors (Lipinski definition) is 0. The summed E-state index contributed by atoms with van der Waals surface area (Å²) in [5.74, 6) is -0.190. The molecule has 88 valence electrons. The minimum absolute atomic E-state index is 0.190. The highest BCUT2D eigenvalue weighted by Crippen LogP contribution is 2.34. The van der Waals surface area contributed by atoms with E-state index in [1.807, 2.05) is 30.3 Å². The van der Waals surface area contributed by atoms with Crippen LogP contribution < -0.4 is 0 Å². The maximum Gasteiger partial charge on any atom is 0.307 e. The molecular formula is C15H16O2. The van der Waals surface area contributed by atoms with E-state index < -0.39 is 0 Å². The van der Waals surface area contributed by atoms with Gasteiger partial charge >= 0.3 is 5.97 Å². The van der Waals surface area contributed by atoms with Crippen LogP contribution in [0.5, 0.6) is 0 Å². The van der Waals surface area contributed by atoms with Gasteiger partial charge in [0.2, 0.25) is 0 Å². The molecule has 1 aromatic rings. The molecule has 0 spiro atoms. The molecule has 2 nitrogen and oxygen atoms in total. The summed E-state index contributed by atoms with van der Waals surface area (Å²) < 4.78 is 4.79. The average Bonchev–Trinajstić information content (AvgIpc) is 2.40. The van der Waals surface area contributed by atoms with E-state index >= 15 is 0 Å². The Labute approximate surface area is 102 Å². The van der Waals surface area contributed by atoms with Crippen LogP contribution >= 0.6 is 0 Å². The first kappa shape index (κ1) is 11.6. The topological polar surface area (TPSA) is 26.3 Å². The first-order valence-electron chi connectivity index (χ1n) is 5.74. The summed E-state index contributed by atoms with van der Waals surface area (Å²) in [7, 11) is 1.43. The molecule has 17 heavy (non-hydrogen) atoms. The zero-order valence-electron chi connectivity index (χ0n) is 9.93. The summed E-state index contributed by atoms with van der Waals surface area (Å²) in [6.45, 7) is 0. The number of esters is 1. The monoisotopic (exact) mass is 228 g/mol. The molecule has 0 radical (unpaired) electrons. The van der Waals surface area contributed by atoms with Gasteiger partial charge in [-0.3, -0.25) is 4.79 Å². The van der Waals surface area contributed by atoms with Crippen LogP contribution in [0.2, 0.25) is 0 Å². The molecule has 0 amide bonds.